The van der Waals surface area contributed by atoms with Crippen molar-refractivity contribution in [1.29, 1.82) is 0 Å². The molecule has 1 aromatic heterocycles. The molecule has 27 heavy (non-hydrogen) atoms. The van der Waals surface area contributed by atoms with E-state index in [4.69, 9.17) is 35.4 Å². The highest BCUT2D eigenvalue weighted by molar-refractivity contribution is 7.99. The smallest absolute Gasteiger partial charge is 0.171 e. The molecule has 3 rings (SSSR count). The van der Waals surface area contributed by atoms with Gasteiger partial charge in [-0.05, 0) is 73.2 Å². The first kappa shape index (κ1) is 20.0. The second-order valence-electron chi connectivity index (χ2n) is 5.78. The van der Waals surface area contributed by atoms with Crippen molar-refractivity contribution in [2.24, 2.45) is 0 Å². The Morgan fingerprint density at radius 2 is 1.63 bits per heavy atom. The standard InChI is InChI=1S/C20H17Cl2N3S2/c1-13(14-4-6-15(21)7-5-14)24-20(26)25-18-3-2-12-23-19(18)27-17-10-8-16(22)9-11-17/h2-13H,1H3,(H2,24,25,26)/t13-/m1/s1. The Hall–Kier alpha value is -1.79. The van der Waals surface area contributed by atoms with Crippen LogP contribution in [0.15, 0.2) is 76.8 Å². The topological polar surface area (TPSA) is 37.0 Å². The fourth-order valence-corrected chi connectivity index (χ4v) is 3.75. The first-order chi connectivity index (χ1) is 13.0. The fourth-order valence-electron chi connectivity index (χ4n) is 2.37. The van der Waals surface area contributed by atoms with E-state index < -0.39 is 0 Å². The monoisotopic (exact) mass is 433 g/mol. The van der Waals surface area contributed by atoms with Gasteiger partial charge < -0.3 is 10.6 Å². The summed E-state index contributed by atoms with van der Waals surface area (Å²) >= 11 is 18.9. The van der Waals surface area contributed by atoms with Gasteiger partial charge in [-0.1, -0.05) is 47.1 Å². The molecule has 3 aromatic rings. The summed E-state index contributed by atoms with van der Waals surface area (Å²) in [6.07, 6.45) is 1.76. The number of rotatable bonds is 5. The first-order valence-electron chi connectivity index (χ1n) is 8.22. The molecule has 0 unspecified atom stereocenters. The molecule has 3 nitrogen and oxygen atoms in total. The van der Waals surface area contributed by atoms with Crippen LogP contribution in [0.5, 0.6) is 0 Å². The normalized spacial score (nSPS) is 11.7. The second kappa shape index (κ2) is 9.42. The summed E-state index contributed by atoms with van der Waals surface area (Å²) < 4.78 is 0. The van der Waals surface area contributed by atoms with E-state index in [1.807, 2.05) is 67.6 Å². The third kappa shape index (κ3) is 5.84. The van der Waals surface area contributed by atoms with E-state index in [0.29, 0.717) is 15.2 Å². The van der Waals surface area contributed by atoms with Gasteiger partial charge in [0.15, 0.2) is 5.11 Å². The van der Waals surface area contributed by atoms with E-state index in [2.05, 4.69) is 15.6 Å². The van der Waals surface area contributed by atoms with Gasteiger partial charge in [0.25, 0.3) is 0 Å². The highest BCUT2D eigenvalue weighted by Crippen LogP contribution is 2.32. The first-order valence-corrected chi connectivity index (χ1v) is 10.2. The Morgan fingerprint density at radius 3 is 2.30 bits per heavy atom. The number of anilines is 1. The van der Waals surface area contributed by atoms with Crippen LogP contribution in [0.1, 0.15) is 18.5 Å². The van der Waals surface area contributed by atoms with Crippen LogP contribution in [0.3, 0.4) is 0 Å². The average Bonchev–Trinajstić information content (AvgIpc) is 2.65. The van der Waals surface area contributed by atoms with Crippen LogP contribution in [-0.2, 0) is 0 Å². The van der Waals surface area contributed by atoms with Crippen LogP contribution in [0.4, 0.5) is 5.69 Å². The van der Waals surface area contributed by atoms with Crippen LogP contribution in [0, 0.1) is 0 Å². The lowest BCUT2D eigenvalue weighted by atomic mass is 10.1. The molecule has 0 spiro atoms. The van der Waals surface area contributed by atoms with Crippen molar-refractivity contribution >= 4 is 58.0 Å². The van der Waals surface area contributed by atoms with Gasteiger partial charge in [0.05, 0.1) is 11.7 Å². The van der Waals surface area contributed by atoms with Crippen LogP contribution >= 0.6 is 47.2 Å². The third-order valence-electron chi connectivity index (χ3n) is 3.77. The fraction of sp³-hybridized carbons (Fsp3) is 0.100. The summed E-state index contributed by atoms with van der Waals surface area (Å²) in [6.45, 7) is 2.05. The average molecular weight is 434 g/mol. The molecule has 0 aliphatic heterocycles. The number of hydrogen-bond acceptors (Lipinski definition) is 3. The van der Waals surface area contributed by atoms with Crippen molar-refractivity contribution in [3.05, 3.63) is 82.5 Å². The van der Waals surface area contributed by atoms with Gasteiger partial charge in [-0.3, -0.25) is 0 Å². The van der Waals surface area contributed by atoms with Crippen molar-refractivity contribution in [3.8, 4) is 0 Å². The number of pyridine rings is 1. The van der Waals surface area contributed by atoms with Gasteiger partial charge in [0.1, 0.15) is 5.03 Å². The van der Waals surface area contributed by atoms with Gasteiger partial charge in [0.2, 0.25) is 0 Å². The molecule has 0 saturated heterocycles. The van der Waals surface area contributed by atoms with E-state index in [9.17, 15) is 0 Å². The largest absolute Gasteiger partial charge is 0.356 e. The minimum atomic E-state index is 0.0475. The summed E-state index contributed by atoms with van der Waals surface area (Å²) in [6, 6.07) is 19.2. The van der Waals surface area contributed by atoms with E-state index in [-0.39, 0.29) is 6.04 Å². The lowest BCUT2D eigenvalue weighted by molar-refractivity contribution is 0.722. The number of nitrogens with one attached hydrogen (secondary N) is 2. The predicted molar refractivity (Wildman–Crippen MR) is 119 cm³/mol. The van der Waals surface area contributed by atoms with Crippen molar-refractivity contribution in [2.45, 2.75) is 22.9 Å². The molecular formula is C20H17Cl2N3S2. The molecule has 1 atom stereocenters. The van der Waals surface area contributed by atoms with E-state index in [1.165, 1.54) is 0 Å². The summed E-state index contributed by atoms with van der Waals surface area (Å²) in [4.78, 5) is 5.51. The molecule has 0 radical (unpaired) electrons. The molecule has 0 bridgehead atoms. The molecule has 138 valence electrons. The maximum absolute atomic E-state index is 5.95. The third-order valence-corrected chi connectivity index (χ3v) is 5.52. The highest BCUT2D eigenvalue weighted by atomic mass is 35.5. The molecule has 0 aliphatic carbocycles. The molecule has 2 N–H and O–H groups in total. The lowest BCUT2D eigenvalue weighted by Crippen LogP contribution is -2.31. The number of hydrogen-bond donors (Lipinski definition) is 2. The number of thiocarbonyl (C=S) groups is 1. The van der Waals surface area contributed by atoms with Gasteiger partial charge in [-0.25, -0.2) is 4.98 Å². The summed E-state index contributed by atoms with van der Waals surface area (Å²) in [5.74, 6) is 0. The maximum atomic E-state index is 5.95. The maximum Gasteiger partial charge on any atom is 0.171 e. The Bertz CT molecular complexity index is 915. The van der Waals surface area contributed by atoms with Gasteiger partial charge in [-0.2, -0.15) is 0 Å². The molecule has 0 amide bonds. The quantitative estimate of drug-likeness (QED) is 0.443. The van der Waals surface area contributed by atoms with Crippen molar-refractivity contribution in [3.63, 3.8) is 0 Å². The summed E-state index contributed by atoms with van der Waals surface area (Å²) in [5, 5.41) is 9.31. The molecular weight excluding hydrogens is 417 g/mol. The lowest BCUT2D eigenvalue weighted by Gasteiger charge is -2.18. The molecule has 0 aliphatic rings. The highest BCUT2D eigenvalue weighted by Gasteiger charge is 2.10. The molecule has 0 saturated carbocycles. The zero-order valence-electron chi connectivity index (χ0n) is 14.4. The van der Waals surface area contributed by atoms with Crippen molar-refractivity contribution in [1.82, 2.24) is 10.3 Å². The number of halogens is 2. The number of nitrogens with zero attached hydrogens (tertiary/aromatic N) is 1. The zero-order valence-corrected chi connectivity index (χ0v) is 17.6. The Balaban J connectivity index is 1.67. The summed E-state index contributed by atoms with van der Waals surface area (Å²) in [7, 11) is 0. The van der Waals surface area contributed by atoms with Crippen LogP contribution in [-0.4, -0.2) is 10.1 Å². The zero-order chi connectivity index (χ0) is 19.2. The summed E-state index contributed by atoms with van der Waals surface area (Å²) in [5.41, 5.74) is 1.95. The second-order valence-corrected chi connectivity index (χ2v) is 8.13. The molecule has 2 aromatic carbocycles. The van der Waals surface area contributed by atoms with Crippen LogP contribution in [0.25, 0.3) is 0 Å². The molecule has 1 heterocycles. The Kier molecular flexibility index (Phi) is 6.96. The van der Waals surface area contributed by atoms with Crippen molar-refractivity contribution < 1.29 is 0 Å². The Morgan fingerprint density at radius 1 is 1.00 bits per heavy atom. The van der Waals surface area contributed by atoms with Gasteiger partial charge in [0, 0.05) is 21.1 Å². The minimum Gasteiger partial charge on any atom is -0.356 e. The molecule has 0 fully saturated rings. The predicted octanol–water partition coefficient (Wildman–Crippen LogP) is 6.59. The van der Waals surface area contributed by atoms with Gasteiger partial charge >= 0.3 is 0 Å². The molecule has 7 heteroatoms. The Labute approximate surface area is 178 Å². The SMILES string of the molecule is C[C@@H](NC(=S)Nc1cccnc1Sc1ccc(Cl)cc1)c1ccc(Cl)cc1. The number of aromatic nitrogens is 1. The number of benzene rings is 2. The van der Waals surface area contributed by atoms with Crippen LogP contribution < -0.4 is 10.6 Å². The van der Waals surface area contributed by atoms with Gasteiger partial charge in [-0.15, -0.1) is 0 Å². The van der Waals surface area contributed by atoms with Crippen LogP contribution in [0.2, 0.25) is 10.0 Å². The van der Waals surface area contributed by atoms with Crippen molar-refractivity contribution in [2.75, 3.05) is 5.32 Å². The minimum absolute atomic E-state index is 0.0475. The van der Waals surface area contributed by atoms with E-state index in [1.54, 1.807) is 18.0 Å². The van der Waals surface area contributed by atoms with E-state index in [0.717, 1.165) is 21.2 Å². The van der Waals surface area contributed by atoms with E-state index >= 15 is 0 Å².